The number of fused-ring (bicyclic) bond motifs is 12. The molecule has 34 heavy (non-hydrogen) atoms. The number of hydrogen-bond donors (Lipinski definition) is 0. The Kier molecular flexibility index (Phi) is 3.24. The van der Waals surface area contributed by atoms with Crippen molar-refractivity contribution in [2.75, 3.05) is 0 Å². The predicted octanol–water partition coefficient (Wildman–Crippen LogP) is 6.45. The first-order valence-electron chi connectivity index (χ1n) is 11.7. The molecule has 4 heterocycles. The van der Waals surface area contributed by atoms with Gasteiger partial charge in [0.15, 0.2) is 0 Å². The highest BCUT2D eigenvalue weighted by Crippen LogP contribution is 2.44. The lowest BCUT2D eigenvalue weighted by Crippen LogP contribution is -2.58. The molecule has 9 rings (SSSR count). The van der Waals surface area contributed by atoms with Gasteiger partial charge in [0.2, 0.25) is 6.71 Å². The fourth-order valence-corrected chi connectivity index (χ4v) is 8.71. The van der Waals surface area contributed by atoms with E-state index < -0.39 is 0 Å². The summed E-state index contributed by atoms with van der Waals surface area (Å²) in [5.41, 5.74) is 8.39. The summed E-state index contributed by atoms with van der Waals surface area (Å²) < 4.78 is 5.33. The second-order valence-corrected chi connectivity index (χ2v) is 11.4. The summed E-state index contributed by atoms with van der Waals surface area (Å²) in [5, 5.41) is 5.44. The molecule has 0 bridgehead atoms. The first kappa shape index (κ1) is 17.9. The summed E-state index contributed by atoms with van der Waals surface area (Å²) in [7, 11) is 0. The molecule has 0 N–H and O–H groups in total. The van der Waals surface area contributed by atoms with Gasteiger partial charge in [-0.05, 0) is 35.2 Å². The van der Waals surface area contributed by atoms with Crippen LogP contribution in [0.15, 0.2) is 107 Å². The van der Waals surface area contributed by atoms with Crippen molar-refractivity contribution in [3.63, 3.8) is 0 Å². The van der Waals surface area contributed by atoms with Gasteiger partial charge in [-0.1, -0.05) is 90.0 Å². The van der Waals surface area contributed by atoms with E-state index in [9.17, 15) is 0 Å². The Labute approximate surface area is 204 Å². The lowest BCUT2D eigenvalue weighted by Gasteiger charge is -2.32. The highest BCUT2D eigenvalue weighted by atomic mass is 32.2. The third-order valence-corrected chi connectivity index (χ3v) is 10.0. The fourth-order valence-electron chi connectivity index (χ4n) is 6.33. The maximum absolute atomic E-state index is 2.58. The lowest BCUT2D eigenvalue weighted by molar-refractivity contribution is 1.19. The number of thiophene rings is 1. The third-order valence-electron chi connectivity index (χ3n) is 7.66. The zero-order valence-corrected chi connectivity index (χ0v) is 19.7. The predicted molar refractivity (Wildman–Crippen MR) is 149 cm³/mol. The van der Waals surface area contributed by atoms with E-state index in [-0.39, 0.29) is 6.71 Å². The van der Waals surface area contributed by atoms with Gasteiger partial charge in [0.25, 0.3) is 0 Å². The van der Waals surface area contributed by atoms with E-state index >= 15 is 0 Å². The van der Waals surface area contributed by atoms with E-state index in [4.69, 9.17) is 0 Å². The summed E-state index contributed by atoms with van der Waals surface area (Å²) in [6.45, 7) is 0.280. The maximum atomic E-state index is 2.58. The van der Waals surface area contributed by atoms with Crippen LogP contribution in [0.25, 0.3) is 47.7 Å². The zero-order chi connectivity index (χ0) is 22.0. The SMILES string of the molecule is c1ccc2c(c1)Sc1ccc3c4ccc5c6ccccc6sc5c4n4c3c1B2c1ccccc1-4. The summed E-state index contributed by atoms with van der Waals surface area (Å²) in [5.74, 6) is 0. The zero-order valence-electron chi connectivity index (χ0n) is 18.1. The van der Waals surface area contributed by atoms with Crippen LogP contribution in [0.4, 0.5) is 0 Å². The van der Waals surface area contributed by atoms with Crippen molar-refractivity contribution in [1.29, 1.82) is 0 Å². The quantitative estimate of drug-likeness (QED) is 0.233. The van der Waals surface area contributed by atoms with Crippen molar-refractivity contribution < 1.29 is 0 Å². The molecule has 4 heteroatoms. The average Bonchev–Trinajstić information content (AvgIpc) is 3.44. The van der Waals surface area contributed by atoms with Crippen LogP contribution >= 0.6 is 23.1 Å². The van der Waals surface area contributed by atoms with Crippen LogP contribution in [-0.2, 0) is 0 Å². The molecule has 2 aliphatic rings. The Bertz CT molecular complexity index is 2010. The van der Waals surface area contributed by atoms with Gasteiger partial charge >= 0.3 is 0 Å². The summed E-state index contributed by atoms with van der Waals surface area (Å²) in [6, 6.07) is 36.3. The molecule has 156 valence electrons. The Balaban J connectivity index is 1.56. The highest BCUT2D eigenvalue weighted by molar-refractivity contribution is 8.00. The van der Waals surface area contributed by atoms with Crippen LogP contribution in [0.2, 0.25) is 0 Å². The molecule has 0 aliphatic carbocycles. The monoisotopic (exact) mass is 465 g/mol. The Morgan fingerprint density at radius 2 is 1.29 bits per heavy atom. The first-order chi connectivity index (χ1) is 16.9. The summed E-state index contributed by atoms with van der Waals surface area (Å²) in [4.78, 5) is 2.77. The fraction of sp³-hybridized carbons (Fsp3) is 0. The molecule has 2 aromatic heterocycles. The van der Waals surface area contributed by atoms with E-state index in [2.05, 4.69) is 102 Å². The standard InChI is InChI=1S/C30H16BNS2/c1-5-11-24-17(7-1)20-14-13-19-18-15-16-26-27-28(18)32(29(19)30(20)34-24)23-10-4-2-8-21(23)31(27)22-9-3-6-12-25(22)33-26/h1-16H. The van der Waals surface area contributed by atoms with Crippen molar-refractivity contribution >= 4 is 88.2 Å². The van der Waals surface area contributed by atoms with Crippen LogP contribution in [0.3, 0.4) is 0 Å². The second-order valence-electron chi connectivity index (χ2n) is 9.28. The number of para-hydroxylation sites is 1. The molecule has 1 nitrogen and oxygen atoms in total. The van der Waals surface area contributed by atoms with Gasteiger partial charge < -0.3 is 4.57 Å². The van der Waals surface area contributed by atoms with Gasteiger partial charge in [-0.15, -0.1) is 11.3 Å². The van der Waals surface area contributed by atoms with Crippen molar-refractivity contribution in [3.05, 3.63) is 97.1 Å². The van der Waals surface area contributed by atoms with Gasteiger partial charge in [-0.25, -0.2) is 0 Å². The van der Waals surface area contributed by atoms with E-state index in [0.29, 0.717) is 0 Å². The molecule has 0 saturated heterocycles. The molecule has 0 radical (unpaired) electrons. The van der Waals surface area contributed by atoms with Crippen molar-refractivity contribution in [3.8, 4) is 5.69 Å². The van der Waals surface area contributed by atoms with Gasteiger partial charge in [-0.3, -0.25) is 0 Å². The molecule has 0 amide bonds. The molecule has 5 aromatic carbocycles. The summed E-state index contributed by atoms with van der Waals surface area (Å²) in [6.07, 6.45) is 0. The lowest BCUT2D eigenvalue weighted by atomic mass is 9.35. The second kappa shape index (κ2) is 6.15. The van der Waals surface area contributed by atoms with E-state index in [1.807, 2.05) is 23.1 Å². The summed E-state index contributed by atoms with van der Waals surface area (Å²) >= 11 is 3.85. The van der Waals surface area contributed by atoms with Gasteiger partial charge in [0.05, 0.1) is 15.7 Å². The molecule has 7 aromatic rings. The molecule has 0 spiro atoms. The van der Waals surface area contributed by atoms with E-state index in [0.717, 1.165) is 0 Å². The number of benzene rings is 5. The number of rotatable bonds is 0. The van der Waals surface area contributed by atoms with Crippen LogP contribution in [0.1, 0.15) is 0 Å². The molecular formula is C30H16BNS2. The van der Waals surface area contributed by atoms with Crippen molar-refractivity contribution in [2.24, 2.45) is 0 Å². The minimum atomic E-state index is 0.280. The normalized spacial score (nSPS) is 13.7. The van der Waals surface area contributed by atoms with Crippen LogP contribution in [-0.4, -0.2) is 11.3 Å². The van der Waals surface area contributed by atoms with Crippen molar-refractivity contribution in [1.82, 2.24) is 4.57 Å². The Morgan fingerprint density at radius 1 is 0.559 bits per heavy atom. The Hall–Kier alpha value is -3.47. The van der Waals surface area contributed by atoms with Gasteiger partial charge in [0, 0.05) is 41.7 Å². The molecule has 0 fully saturated rings. The number of aromatic nitrogens is 1. The van der Waals surface area contributed by atoms with Gasteiger partial charge in [-0.2, -0.15) is 0 Å². The van der Waals surface area contributed by atoms with E-state index in [1.165, 1.54) is 73.8 Å². The smallest absolute Gasteiger partial charge is 0.249 e. The molecule has 2 aliphatic heterocycles. The largest absolute Gasteiger partial charge is 0.309 e. The molecule has 0 atom stereocenters. The molecule has 0 saturated carbocycles. The average molecular weight is 465 g/mol. The minimum Gasteiger partial charge on any atom is -0.309 e. The van der Waals surface area contributed by atoms with Crippen molar-refractivity contribution in [2.45, 2.75) is 9.79 Å². The van der Waals surface area contributed by atoms with Crippen LogP contribution in [0, 0.1) is 0 Å². The third kappa shape index (κ3) is 2.02. The maximum Gasteiger partial charge on any atom is 0.249 e. The van der Waals surface area contributed by atoms with Gasteiger partial charge in [0.1, 0.15) is 0 Å². The highest BCUT2D eigenvalue weighted by Gasteiger charge is 2.39. The van der Waals surface area contributed by atoms with Crippen LogP contribution in [0.5, 0.6) is 0 Å². The topological polar surface area (TPSA) is 4.93 Å². The minimum absolute atomic E-state index is 0.280. The molecular weight excluding hydrogens is 449 g/mol. The number of hydrogen-bond acceptors (Lipinski definition) is 2. The first-order valence-corrected chi connectivity index (χ1v) is 13.3. The number of nitrogens with zero attached hydrogens (tertiary/aromatic N) is 1. The van der Waals surface area contributed by atoms with Crippen LogP contribution < -0.4 is 16.4 Å². The van der Waals surface area contributed by atoms with E-state index in [1.54, 1.807) is 0 Å². The Morgan fingerprint density at radius 3 is 2.26 bits per heavy atom. The molecule has 0 unspecified atom stereocenters.